The van der Waals surface area contributed by atoms with Gasteiger partial charge in [-0.1, -0.05) is 23.9 Å². The number of amides is 1. The number of hydrogen-bond donors (Lipinski definition) is 1. The second kappa shape index (κ2) is 12.5. The summed E-state index contributed by atoms with van der Waals surface area (Å²) in [5.74, 6) is 0.505. The molecule has 1 fully saturated rings. The van der Waals surface area contributed by atoms with Gasteiger partial charge in [0.2, 0.25) is 5.91 Å². The zero-order chi connectivity index (χ0) is 26.4. The third-order valence-corrected chi connectivity index (χ3v) is 7.31. The summed E-state index contributed by atoms with van der Waals surface area (Å²) < 4.78 is 22.1. The third kappa shape index (κ3) is 5.94. The molecule has 37 heavy (non-hydrogen) atoms. The maximum atomic E-state index is 13.2. The van der Waals surface area contributed by atoms with Crippen LogP contribution in [0.3, 0.4) is 0 Å². The molecule has 3 aliphatic heterocycles. The minimum Gasteiger partial charge on any atom is -0.493 e. The number of nitrogens with zero attached hydrogens (tertiary/aromatic N) is 3. The summed E-state index contributed by atoms with van der Waals surface area (Å²) in [4.78, 5) is 35.0. The van der Waals surface area contributed by atoms with Crippen LogP contribution in [0.25, 0.3) is 0 Å². The van der Waals surface area contributed by atoms with Crippen LogP contribution in [0.15, 0.2) is 45.6 Å². The molecular weight excluding hydrogens is 496 g/mol. The number of para-hydroxylation sites is 1. The fourth-order valence-corrected chi connectivity index (χ4v) is 5.63. The number of carbonyl (C=O) groups excluding carboxylic acids is 2. The molecular formula is C26H34N4O6S. The van der Waals surface area contributed by atoms with Gasteiger partial charge in [0.15, 0.2) is 16.7 Å². The van der Waals surface area contributed by atoms with Crippen LogP contribution in [0.2, 0.25) is 0 Å². The minimum absolute atomic E-state index is 0.0957. The van der Waals surface area contributed by atoms with E-state index in [9.17, 15) is 9.59 Å². The number of amidine groups is 1. The van der Waals surface area contributed by atoms with E-state index in [1.54, 1.807) is 34.1 Å². The van der Waals surface area contributed by atoms with Gasteiger partial charge in [0.25, 0.3) is 0 Å². The van der Waals surface area contributed by atoms with Gasteiger partial charge in [-0.15, -0.1) is 0 Å². The van der Waals surface area contributed by atoms with E-state index < -0.39 is 12.0 Å². The molecule has 11 heteroatoms. The molecule has 1 atom stereocenters. The van der Waals surface area contributed by atoms with Gasteiger partial charge in [-0.25, -0.2) is 9.79 Å². The lowest BCUT2D eigenvalue weighted by Gasteiger charge is -2.37. The van der Waals surface area contributed by atoms with Crippen molar-refractivity contribution in [3.8, 4) is 11.5 Å². The molecule has 0 aliphatic carbocycles. The van der Waals surface area contributed by atoms with Gasteiger partial charge in [0.1, 0.15) is 0 Å². The Labute approximate surface area is 221 Å². The quantitative estimate of drug-likeness (QED) is 0.458. The molecule has 1 aromatic rings. The standard InChI is InChI=1S/C26H34N4O6S/c1-5-36-25(32)22-17(2)28-26-30(23(22)19-7-6-8-20(33-3)24(19)34-4)18(16-37-26)15-21(31)27-9-10-29-11-13-35-14-12-29/h6-8,16,23H,5,9-15H2,1-4H3,(H,27,31). The topological polar surface area (TPSA) is 102 Å². The number of benzene rings is 1. The van der Waals surface area contributed by atoms with Crippen LogP contribution in [0, 0.1) is 0 Å². The van der Waals surface area contributed by atoms with E-state index in [1.165, 1.54) is 11.8 Å². The number of carbonyl (C=O) groups is 2. The number of rotatable bonds is 10. The molecule has 1 N–H and O–H groups in total. The molecule has 0 bridgehead atoms. The second-order valence-corrected chi connectivity index (χ2v) is 9.51. The Hall–Kier alpha value is -3.02. The molecule has 0 aromatic heterocycles. The Bertz CT molecular complexity index is 1110. The molecule has 200 valence electrons. The highest BCUT2D eigenvalue weighted by Crippen LogP contribution is 2.48. The van der Waals surface area contributed by atoms with Gasteiger partial charge < -0.3 is 29.2 Å². The van der Waals surface area contributed by atoms with E-state index in [-0.39, 0.29) is 18.9 Å². The summed E-state index contributed by atoms with van der Waals surface area (Å²) >= 11 is 1.43. The highest BCUT2D eigenvalue weighted by Gasteiger charge is 2.42. The predicted octanol–water partition coefficient (Wildman–Crippen LogP) is 2.68. The summed E-state index contributed by atoms with van der Waals surface area (Å²) in [6.45, 7) is 8.32. The average molecular weight is 531 g/mol. The fraction of sp³-hybridized carbons (Fsp3) is 0.500. The number of hydrogen-bond acceptors (Lipinski definition) is 10. The molecule has 1 saturated heterocycles. The number of esters is 1. The van der Waals surface area contributed by atoms with E-state index in [0.29, 0.717) is 34.5 Å². The largest absolute Gasteiger partial charge is 0.493 e. The molecule has 0 spiro atoms. The molecule has 0 radical (unpaired) electrons. The van der Waals surface area contributed by atoms with Crippen molar-refractivity contribution in [1.29, 1.82) is 0 Å². The van der Waals surface area contributed by atoms with Crippen molar-refractivity contribution in [3.63, 3.8) is 0 Å². The number of allylic oxidation sites excluding steroid dienone is 1. The number of methoxy groups -OCH3 is 2. The first-order valence-corrected chi connectivity index (χ1v) is 13.3. The Morgan fingerprint density at radius 2 is 2.00 bits per heavy atom. The van der Waals surface area contributed by atoms with Gasteiger partial charge >= 0.3 is 5.97 Å². The lowest BCUT2D eigenvalue weighted by atomic mass is 9.92. The van der Waals surface area contributed by atoms with Crippen LogP contribution in [-0.2, 0) is 19.1 Å². The van der Waals surface area contributed by atoms with Gasteiger partial charge in [-0.2, -0.15) is 0 Å². The fourth-order valence-electron chi connectivity index (χ4n) is 4.67. The summed E-state index contributed by atoms with van der Waals surface area (Å²) in [5.41, 5.74) is 2.43. The number of morpholine rings is 1. The maximum Gasteiger partial charge on any atom is 0.338 e. The Balaban J connectivity index is 1.60. The van der Waals surface area contributed by atoms with Crippen LogP contribution in [0.1, 0.15) is 31.9 Å². The third-order valence-electron chi connectivity index (χ3n) is 6.42. The van der Waals surface area contributed by atoms with Gasteiger partial charge in [0, 0.05) is 37.4 Å². The molecule has 1 aromatic carbocycles. The van der Waals surface area contributed by atoms with Crippen molar-refractivity contribution in [2.45, 2.75) is 26.3 Å². The van der Waals surface area contributed by atoms with E-state index in [2.05, 4.69) is 10.2 Å². The van der Waals surface area contributed by atoms with Gasteiger partial charge in [-0.3, -0.25) is 9.69 Å². The Morgan fingerprint density at radius 1 is 1.22 bits per heavy atom. The Kier molecular flexibility index (Phi) is 9.12. The number of aliphatic imine (C=N–C) groups is 1. The SMILES string of the molecule is CCOC(=O)C1=C(C)N=C2SC=C(CC(=O)NCCN3CCOCC3)N2C1c1cccc(OC)c1OC. The van der Waals surface area contributed by atoms with E-state index >= 15 is 0 Å². The first kappa shape index (κ1) is 27.0. The normalized spacial score (nSPS) is 19.7. The lowest BCUT2D eigenvalue weighted by Crippen LogP contribution is -2.42. The molecule has 3 heterocycles. The van der Waals surface area contributed by atoms with Crippen molar-refractivity contribution >= 4 is 28.8 Å². The van der Waals surface area contributed by atoms with Crippen LogP contribution in [0.5, 0.6) is 11.5 Å². The number of thioether (sulfide) groups is 1. The van der Waals surface area contributed by atoms with Crippen molar-refractivity contribution < 1.29 is 28.5 Å². The van der Waals surface area contributed by atoms with E-state index in [4.69, 9.17) is 23.9 Å². The summed E-state index contributed by atoms with van der Waals surface area (Å²) in [5, 5.41) is 5.63. The highest BCUT2D eigenvalue weighted by molar-refractivity contribution is 8.16. The van der Waals surface area contributed by atoms with Crippen molar-refractivity contribution in [2.75, 3.05) is 60.2 Å². The Morgan fingerprint density at radius 3 is 2.70 bits per heavy atom. The second-order valence-electron chi connectivity index (χ2n) is 8.68. The zero-order valence-corrected chi connectivity index (χ0v) is 22.6. The predicted molar refractivity (Wildman–Crippen MR) is 141 cm³/mol. The van der Waals surface area contributed by atoms with E-state index in [0.717, 1.165) is 44.1 Å². The minimum atomic E-state index is -0.598. The van der Waals surface area contributed by atoms with Crippen molar-refractivity contribution in [3.05, 3.63) is 46.1 Å². The molecule has 0 saturated carbocycles. The molecule has 1 unspecified atom stereocenters. The van der Waals surface area contributed by atoms with Gasteiger partial charge in [0.05, 0.1) is 57.8 Å². The summed E-state index contributed by atoms with van der Waals surface area (Å²) in [6, 6.07) is 4.95. The molecule has 10 nitrogen and oxygen atoms in total. The summed E-state index contributed by atoms with van der Waals surface area (Å²) in [6.07, 6.45) is 0.146. The van der Waals surface area contributed by atoms with Crippen molar-refractivity contribution in [1.82, 2.24) is 15.1 Å². The first-order chi connectivity index (χ1) is 18.0. The van der Waals surface area contributed by atoms with Crippen LogP contribution in [0.4, 0.5) is 0 Å². The number of ether oxygens (including phenoxy) is 4. The van der Waals surface area contributed by atoms with Crippen molar-refractivity contribution in [2.24, 2.45) is 4.99 Å². The molecule has 1 amide bonds. The molecule has 4 rings (SSSR count). The van der Waals surface area contributed by atoms with Gasteiger partial charge in [-0.05, 0) is 25.3 Å². The molecule has 3 aliphatic rings. The van der Waals surface area contributed by atoms with Crippen LogP contribution in [-0.4, -0.2) is 87.1 Å². The number of fused-ring (bicyclic) bond motifs is 1. The smallest absolute Gasteiger partial charge is 0.338 e. The maximum absolute atomic E-state index is 13.2. The van der Waals surface area contributed by atoms with Crippen LogP contribution < -0.4 is 14.8 Å². The zero-order valence-electron chi connectivity index (χ0n) is 21.7. The van der Waals surface area contributed by atoms with E-state index in [1.807, 2.05) is 22.4 Å². The lowest BCUT2D eigenvalue weighted by molar-refractivity contribution is -0.139. The monoisotopic (exact) mass is 530 g/mol. The average Bonchev–Trinajstić information content (AvgIpc) is 3.29. The summed E-state index contributed by atoms with van der Waals surface area (Å²) in [7, 11) is 3.14. The first-order valence-electron chi connectivity index (χ1n) is 12.4. The highest BCUT2D eigenvalue weighted by atomic mass is 32.2. The number of nitrogens with one attached hydrogen (secondary N) is 1. The van der Waals surface area contributed by atoms with Crippen LogP contribution >= 0.6 is 11.8 Å².